The first kappa shape index (κ1) is 11.0. The maximum atomic E-state index is 11.2. The van der Waals surface area contributed by atoms with E-state index in [-0.39, 0.29) is 13.1 Å². The molecular weight excluding hydrogens is 206 g/mol. The Kier molecular flexibility index (Phi) is 3.46. The number of rotatable bonds is 3. The minimum atomic E-state index is -3.44. The number of nitrogens with one attached hydrogen (secondary N) is 2. The summed E-state index contributed by atoms with van der Waals surface area (Å²) in [5.41, 5.74) is 0. The van der Waals surface area contributed by atoms with Crippen LogP contribution in [0.15, 0.2) is 0 Å². The minimum Gasteiger partial charge on any atom is -0.344 e. The third kappa shape index (κ3) is 2.70. The molecule has 1 heterocycles. The molecule has 1 fully saturated rings. The second-order valence-electron chi connectivity index (χ2n) is 2.71. The number of hydrogen-bond donors (Lipinski definition) is 2. The number of terminal acetylenes is 1. The Morgan fingerprint density at radius 3 is 2.86 bits per heavy atom. The van der Waals surface area contributed by atoms with Crippen molar-refractivity contribution in [2.45, 2.75) is 0 Å². The normalized spacial score (nSPS) is 20.2. The molecule has 0 aliphatic carbocycles. The SMILES string of the molecule is C#CCNC(=O)CN1CCNS1(=O)=O. The van der Waals surface area contributed by atoms with Crippen molar-refractivity contribution in [3.05, 3.63) is 0 Å². The van der Waals surface area contributed by atoms with Crippen molar-refractivity contribution in [3.8, 4) is 12.3 Å². The van der Waals surface area contributed by atoms with Crippen LogP contribution in [0.3, 0.4) is 0 Å². The summed E-state index contributed by atoms with van der Waals surface area (Å²) in [6.07, 6.45) is 4.93. The lowest BCUT2D eigenvalue weighted by Crippen LogP contribution is -2.39. The lowest BCUT2D eigenvalue weighted by molar-refractivity contribution is -0.120. The highest BCUT2D eigenvalue weighted by Crippen LogP contribution is 2.02. The molecule has 0 aromatic heterocycles. The van der Waals surface area contributed by atoms with Gasteiger partial charge >= 0.3 is 0 Å². The first-order chi connectivity index (χ1) is 6.56. The molecule has 0 atom stereocenters. The average molecular weight is 217 g/mol. The van der Waals surface area contributed by atoms with E-state index >= 15 is 0 Å². The van der Waals surface area contributed by atoms with Gasteiger partial charge in [0.25, 0.3) is 10.2 Å². The van der Waals surface area contributed by atoms with Gasteiger partial charge < -0.3 is 5.32 Å². The molecule has 0 aromatic rings. The number of amides is 1. The molecule has 1 aliphatic rings. The highest BCUT2D eigenvalue weighted by Gasteiger charge is 2.28. The highest BCUT2D eigenvalue weighted by molar-refractivity contribution is 7.87. The van der Waals surface area contributed by atoms with Crippen LogP contribution in [0.25, 0.3) is 0 Å². The van der Waals surface area contributed by atoms with Crippen molar-refractivity contribution in [1.82, 2.24) is 14.3 Å². The van der Waals surface area contributed by atoms with Gasteiger partial charge in [0.05, 0.1) is 13.1 Å². The van der Waals surface area contributed by atoms with Crippen molar-refractivity contribution < 1.29 is 13.2 Å². The zero-order valence-electron chi connectivity index (χ0n) is 7.49. The predicted molar refractivity (Wildman–Crippen MR) is 50.3 cm³/mol. The fourth-order valence-corrected chi connectivity index (χ4v) is 2.19. The Morgan fingerprint density at radius 1 is 1.64 bits per heavy atom. The monoisotopic (exact) mass is 217 g/mol. The number of carbonyl (C=O) groups is 1. The van der Waals surface area contributed by atoms with Gasteiger partial charge in [-0.1, -0.05) is 5.92 Å². The molecule has 0 spiro atoms. The predicted octanol–water partition coefficient (Wildman–Crippen LogP) is -2.11. The Hall–Kier alpha value is -1.10. The largest absolute Gasteiger partial charge is 0.344 e. The first-order valence-corrected chi connectivity index (χ1v) is 5.45. The van der Waals surface area contributed by atoms with Crippen molar-refractivity contribution in [2.24, 2.45) is 0 Å². The summed E-state index contributed by atoms with van der Waals surface area (Å²) in [4.78, 5) is 11.1. The fraction of sp³-hybridized carbons (Fsp3) is 0.571. The molecule has 78 valence electrons. The molecule has 0 unspecified atom stereocenters. The second-order valence-corrected chi connectivity index (χ2v) is 4.47. The first-order valence-electron chi connectivity index (χ1n) is 4.01. The van der Waals surface area contributed by atoms with Crippen molar-refractivity contribution in [3.63, 3.8) is 0 Å². The van der Waals surface area contributed by atoms with Crippen molar-refractivity contribution >= 4 is 16.1 Å². The molecule has 2 N–H and O–H groups in total. The van der Waals surface area contributed by atoms with E-state index in [2.05, 4.69) is 16.0 Å². The van der Waals surface area contributed by atoms with E-state index in [4.69, 9.17) is 6.42 Å². The molecule has 0 bridgehead atoms. The van der Waals surface area contributed by atoms with E-state index in [1.807, 2.05) is 0 Å². The van der Waals surface area contributed by atoms with E-state index in [0.29, 0.717) is 13.1 Å². The lowest BCUT2D eigenvalue weighted by atomic mass is 10.5. The quantitative estimate of drug-likeness (QED) is 0.531. The summed E-state index contributed by atoms with van der Waals surface area (Å²) in [5, 5.41) is 2.39. The maximum Gasteiger partial charge on any atom is 0.280 e. The minimum absolute atomic E-state index is 0.111. The summed E-state index contributed by atoms with van der Waals surface area (Å²) in [6, 6.07) is 0. The Morgan fingerprint density at radius 2 is 2.36 bits per heavy atom. The van der Waals surface area contributed by atoms with Gasteiger partial charge in [0.1, 0.15) is 0 Å². The zero-order valence-corrected chi connectivity index (χ0v) is 8.30. The van der Waals surface area contributed by atoms with Gasteiger partial charge in [0, 0.05) is 13.1 Å². The van der Waals surface area contributed by atoms with E-state index in [1.165, 1.54) is 0 Å². The van der Waals surface area contributed by atoms with E-state index in [1.54, 1.807) is 0 Å². The zero-order chi connectivity index (χ0) is 10.6. The van der Waals surface area contributed by atoms with Crippen LogP contribution < -0.4 is 10.0 Å². The van der Waals surface area contributed by atoms with Gasteiger partial charge in [-0.15, -0.1) is 6.42 Å². The van der Waals surface area contributed by atoms with Crippen molar-refractivity contribution in [1.29, 1.82) is 0 Å². The van der Waals surface area contributed by atoms with Crippen LogP contribution in [0.4, 0.5) is 0 Å². The third-order valence-electron chi connectivity index (χ3n) is 1.69. The molecule has 1 aliphatic heterocycles. The van der Waals surface area contributed by atoms with Crippen LogP contribution >= 0.6 is 0 Å². The van der Waals surface area contributed by atoms with Crippen LogP contribution in [0, 0.1) is 12.3 Å². The van der Waals surface area contributed by atoms with E-state index in [0.717, 1.165) is 4.31 Å². The molecule has 0 radical (unpaired) electrons. The van der Waals surface area contributed by atoms with E-state index in [9.17, 15) is 13.2 Å². The van der Waals surface area contributed by atoms with Gasteiger partial charge in [-0.05, 0) is 0 Å². The maximum absolute atomic E-state index is 11.2. The second kappa shape index (κ2) is 4.41. The summed E-state index contributed by atoms with van der Waals surface area (Å²) < 4.78 is 25.7. The number of nitrogens with zero attached hydrogens (tertiary/aromatic N) is 1. The van der Waals surface area contributed by atoms with Crippen LogP contribution in [-0.2, 0) is 15.0 Å². The molecule has 0 aromatic carbocycles. The molecule has 0 saturated carbocycles. The highest BCUT2D eigenvalue weighted by atomic mass is 32.2. The van der Waals surface area contributed by atoms with Gasteiger partial charge in [-0.25, -0.2) is 4.72 Å². The van der Waals surface area contributed by atoms with Gasteiger partial charge in [0.15, 0.2) is 0 Å². The summed E-state index contributed by atoms with van der Waals surface area (Å²) >= 11 is 0. The van der Waals surface area contributed by atoms with Gasteiger partial charge in [-0.2, -0.15) is 12.7 Å². The summed E-state index contributed by atoms with van der Waals surface area (Å²) in [5.74, 6) is 1.84. The molecule has 1 rings (SSSR count). The standard InChI is InChI=1S/C7H11N3O3S/c1-2-3-8-7(11)6-10-5-4-9-14(10,12)13/h1,9H,3-6H2,(H,8,11). The summed E-state index contributed by atoms with van der Waals surface area (Å²) in [7, 11) is -3.44. The lowest BCUT2D eigenvalue weighted by Gasteiger charge is -2.11. The van der Waals surface area contributed by atoms with Crippen LogP contribution in [0.5, 0.6) is 0 Å². The number of hydrogen-bond acceptors (Lipinski definition) is 3. The Bertz CT molecular complexity index is 357. The van der Waals surface area contributed by atoms with Crippen LogP contribution in [0.1, 0.15) is 0 Å². The molecule has 6 nitrogen and oxygen atoms in total. The Balaban J connectivity index is 2.45. The molecule has 7 heteroatoms. The van der Waals surface area contributed by atoms with Gasteiger partial charge in [-0.3, -0.25) is 4.79 Å². The molecule has 1 saturated heterocycles. The molecular formula is C7H11N3O3S. The Labute approximate surface area is 82.8 Å². The van der Waals surface area contributed by atoms with E-state index < -0.39 is 16.1 Å². The average Bonchev–Trinajstić information content (AvgIpc) is 2.43. The summed E-state index contributed by atoms with van der Waals surface area (Å²) in [6.45, 7) is 0.577. The molecule has 14 heavy (non-hydrogen) atoms. The van der Waals surface area contributed by atoms with Crippen molar-refractivity contribution in [2.75, 3.05) is 26.2 Å². The topological polar surface area (TPSA) is 78.5 Å². The third-order valence-corrected chi connectivity index (χ3v) is 3.25. The molecule has 1 amide bonds. The fourth-order valence-electron chi connectivity index (χ4n) is 1.04. The van der Waals surface area contributed by atoms with Gasteiger partial charge in [0.2, 0.25) is 5.91 Å². The number of carbonyl (C=O) groups excluding carboxylic acids is 1. The smallest absolute Gasteiger partial charge is 0.280 e. The van der Waals surface area contributed by atoms with Crippen LogP contribution in [-0.4, -0.2) is 44.8 Å². The van der Waals surface area contributed by atoms with Crippen LogP contribution in [0.2, 0.25) is 0 Å².